The van der Waals surface area contributed by atoms with Gasteiger partial charge in [0.15, 0.2) is 6.10 Å². The number of ether oxygens (including phenoxy) is 1. The van der Waals surface area contributed by atoms with E-state index in [2.05, 4.69) is 5.10 Å². The number of hydrogen-bond acceptors (Lipinski definition) is 4. The number of amides is 1. The molecule has 0 spiro atoms. The van der Waals surface area contributed by atoms with Crippen molar-refractivity contribution < 1.29 is 14.3 Å². The van der Waals surface area contributed by atoms with E-state index in [-0.39, 0.29) is 24.4 Å². The molecule has 0 bridgehead atoms. The van der Waals surface area contributed by atoms with Crippen LogP contribution in [0.15, 0.2) is 30.3 Å². The number of carbonyl (C=O) groups is 2. The zero-order valence-corrected chi connectivity index (χ0v) is 17.9. The van der Waals surface area contributed by atoms with E-state index < -0.39 is 12.1 Å². The van der Waals surface area contributed by atoms with Crippen molar-refractivity contribution in [2.24, 2.45) is 0 Å². The first-order chi connectivity index (χ1) is 13.1. The molecule has 0 saturated carbocycles. The number of aromatic nitrogens is 2. The van der Waals surface area contributed by atoms with Crippen LogP contribution in [0.25, 0.3) is 5.69 Å². The predicted molar refractivity (Wildman–Crippen MR) is 109 cm³/mol. The van der Waals surface area contributed by atoms with Crippen molar-refractivity contribution in [3.63, 3.8) is 0 Å². The maximum Gasteiger partial charge on any atom is 0.311 e. The fourth-order valence-corrected chi connectivity index (χ4v) is 3.50. The average Bonchev–Trinajstić information content (AvgIpc) is 2.90. The molecular formula is C22H31N3O3. The molecule has 152 valence electrons. The maximum absolute atomic E-state index is 12.7. The van der Waals surface area contributed by atoms with Gasteiger partial charge in [0, 0.05) is 23.3 Å². The van der Waals surface area contributed by atoms with E-state index in [1.54, 1.807) is 11.8 Å². The summed E-state index contributed by atoms with van der Waals surface area (Å²) in [5.41, 5.74) is 3.45. The van der Waals surface area contributed by atoms with E-state index in [1.165, 1.54) is 0 Å². The van der Waals surface area contributed by atoms with E-state index in [1.807, 2.05) is 76.6 Å². The summed E-state index contributed by atoms with van der Waals surface area (Å²) in [5, 5.41) is 4.56. The molecule has 0 aliphatic rings. The summed E-state index contributed by atoms with van der Waals surface area (Å²) in [7, 11) is 0. The first-order valence-electron chi connectivity index (χ1n) is 9.75. The number of aryl methyl sites for hydroxylation is 1. The van der Waals surface area contributed by atoms with Crippen LogP contribution >= 0.6 is 0 Å². The van der Waals surface area contributed by atoms with Gasteiger partial charge >= 0.3 is 5.97 Å². The quantitative estimate of drug-likeness (QED) is 0.683. The Hall–Kier alpha value is -2.63. The molecule has 0 aliphatic carbocycles. The highest BCUT2D eigenvalue weighted by atomic mass is 16.5. The van der Waals surface area contributed by atoms with Crippen molar-refractivity contribution in [2.75, 3.05) is 0 Å². The van der Waals surface area contributed by atoms with Crippen LogP contribution in [-0.4, -0.2) is 44.7 Å². The minimum atomic E-state index is -0.818. The molecule has 0 N–H and O–H groups in total. The minimum absolute atomic E-state index is 0.0437. The Morgan fingerprint density at radius 3 is 2.14 bits per heavy atom. The van der Waals surface area contributed by atoms with Crippen molar-refractivity contribution in [3.05, 3.63) is 47.3 Å². The van der Waals surface area contributed by atoms with Gasteiger partial charge in [0.1, 0.15) is 0 Å². The highest BCUT2D eigenvalue weighted by Crippen LogP contribution is 2.19. The molecule has 0 aliphatic heterocycles. The lowest BCUT2D eigenvalue weighted by Gasteiger charge is -2.32. The zero-order chi connectivity index (χ0) is 21.0. The van der Waals surface area contributed by atoms with E-state index in [4.69, 9.17) is 4.74 Å². The first kappa shape index (κ1) is 21.7. The van der Waals surface area contributed by atoms with Crippen LogP contribution in [-0.2, 0) is 20.7 Å². The van der Waals surface area contributed by atoms with Crippen LogP contribution in [0, 0.1) is 13.8 Å². The molecule has 1 atom stereocenters. The summed E-state index contributed by atoms with van der Waals surface area (Å²) < 4.78 is 7.28. The highest BCUT2D eigenvalue weighted by Gasteiger charge is 2.28. The lowest BCUT2D eigenvalue weighted by atomic mass is 10.1. The molecule has 1 unspecified atom stereocenters. The van der Waals surface area contributed by atoms with Crippen molar-refractivity contribution in [1.29, 1.82) is 0 Å². The summed E-state index contributed by atoms with van der Waals surface area (Å²) in [6, 6.07) is 9.86. The van der Waals surface area contributed by atoms with Crippen LogP contribution in [0.4, 0.5) is 0 Å². The molecule has 0 saturated heterocycles. The molecule has 1 amide bonds. The van der Waals surface area contributed by atoms with Crippen LogP contribution in [0.1, 0.15) is 51.6 Å². The predicted octanol–water partition coefficient (Wildman–Crippen LogP) is 3.61. The Bertz CT molecular complexity index is 817. The molecule has 6 nitrogen and oxygen atoms in total. The Balaban J connectivity index is 2.11. The van der Waals surface area contributed by atoms with Gasteiger partial charge in [-0.25, -0.2) is 4.68 Å². The van der Waals surface area contributed by atoms with Crippen LogP contribution < -0.4 is 0 Å². The summed E-state index contributed by atoms with van der Waals surface area (Å²) in [4.78, 5) is 26.9. The summed E-state index contributed by atoms with van der Waals surface area (Å²) >= 11 is 0. The van der Waals surface area contributed by atoms with Crippen molar-refractivity contribution in [1.82, 2.24) is 14.7 Å². The monoisotopic (exact) mass is 385 g/mol. The van der Waals surface area contributed by atoms with Crippen molar-refractivity contribution in [3.8, 4) is 5.69 Å². The number of nitrogens with zero attached hydrogens (tertiary/aromatic N) is 3. The lowest BCUT2D eigenvalue weighted by Crippen LogP contribution is -2.47. The van der Waals surface area contributed by atoms with Gasteiger partial charge in [-0.1, -0.05) is 18.2 Å². The third-order valence-electron chi connectivity index (χ3n) is 4.79. The van der Waals surface area contributed by atoms with Gasteiger partial charge in [0.05, 0.1) is 17.8 Å². The lowest BCUT2D eigenvalue weighted by molar-refractivity contribution is -0.160. The molecule has 0 radical (unpaired) electrons. The maximum atomic E-state index is 12.7. The van der Waals surface area contributed by atoms with Gasteiger partial charge in [0.25, 0.3) is 5.91 Å². The second-order valence-corrected chi connectivity index (χ2v) is 7.64. The largest absolute Gasteiger partial charge is 0.452 e. The average molecular weight is 386 g/mol. The van der Waals surface area contributed by atoms with Gasteiger partial charge in [-0.3, -0.25) is 9.59 Å². The Kier molecular flexibility index (Phi) is 7.00. The molecule has 2 aromatic rings. The number of hydrogen-bond donors (Lipinski definition) is 0. The van der Waals surface area contributed by atoms with Crippen molar-refractivity contribution in [2.45, 2.75) is 73.1 Å². The van der Waals surface area contributed by atoms with E-state index in [9.17, 15) is 9.59 Å². The van der Waals surface area contributed by atoms with Crippen LogP contribution in [0.2, 0.25) is 0 Å². The third-order valence-corrected chi connectivity index (χ3v) is 4.79. The van der Waals surface area contributed by atoms with Gasteiger partial charge in [-0.05, 0) is 60.6 Å². The summed E-state index contributed by atoms with van der Waals surface area (Å²) in [6.07, 6.45) is -0.729. The summed E-state index contributed by atoms with van der Waals surface area (Å²) in [5.74, 6) is -0.598. The van der Waals surface area contributed by atoms with E-state index in [0.29, 0.717) is 0 Å². The smallest absolute Gasteiger partial charge is 0.311 e. The second kappa shape index (κ2) is 9.04. The summed E-state index contributed by atoms with van der Waals surface area (Å²) in [6.45, 7) is 13.3. The van der Waals surface area contributed by atoms with Gasteiger partial charge in [-0.2, -0.15) is 5.10 Å². The second-order valence-electron chi connectivity index (χ2n) is 7.64. The molecule has 6 heteroatoms. The third kappa shape index (κ3) is 4.80. The van der Waals surface area contributed by atoms with E-state index in [0.717, 1.165) is 22.6 Å². The number of carbonyl (C=O) groups excluding carboxylic acids is 2. The van der Waals surface area contributed by atoms with E-state index >= 15 is 0 Å². The number of para-hydroxylation sites is 1. The zero-order valence-electron chi connectivity index (χ0n) is 17.9. The fourth-order valence-electron chi connectivity index (χ4n) is 3.50. The first-order valence-corrected chi connectivity index (χ1v) is 9.75. The van der Waals surface area contributed by atoms with Crippen LogP contribution in [0.5, 0.6) is 0 Å². The Morgan fingerprint density at radius 1 is 1.04 bits per heavy atom. The minimum Gasteiger partial charge on any atom is -0.452 e. The molecule has 1 aromatic heterocycles. The molecule has 0 fully saturated rings. The molecule has 1 heterocycles. The van der Waals surface area contributed by atoms with Gasteiger partial charge < -0.3 is 9.64 Å². The Labute approximate surface area is 167 Å². The molecular weight excluding hydrogens is 354 g/mol. The number of benzene rings is 1. The molecule has 2 rings (SSSR count). The SMILES string of the molecule is Cc1nn(-c2ccccc2)c(C)c1CC(=O)OC(C)C(=O)N(C(C)C)C(C)C. The normalized spacial score (nSPS) is 12.3. The van der Waals surface area contributed by atoms with Crippen LogP contribution in [0.3, 0.4) is 0 Å². The molecule has 1 aromatic carbocycles. The highest BCUT2D eigenvalue weighted by molar-refractivity contribution is 5.84. The standard InChI is InChI=1S/C22H31N3O3/c1-14(2)24(15(3)4)22(27)18(7)28-21(26)13-20-16(5)23-25(17(20)6)19-11-9-8-10-12-19/h8-12,14-15,18H,13H2,1-7H3. The number of rotatable bonds is 7. The number of esters is 1. The molecule has 28 heavy (non-hydrogen) atoms. The van der Waals surface area contributed by atoms with Gasteiger partial charge in [0.2, 0.25) is 0 Å². The van der Waals surface area contributed by atoms with Gasteiger partial charge in [-0.15, -0.1) is 0 Å². The fraction of sp³-hybridized carbons (Fsp3) is 0.500. The topological polar surface area (TPSA) is 64.4 Å². The van der Waals surface area contributed by atoms with Crippen molar-refractivity contribution >= 4 is 11.9 Å². The Morgan fingerprint density at radius 2 is 1.61 bits per heavy atom.